The van der Waals surface area contributed by atoms with Gasteiger partial charge in [-0.05, 0) is 61.9 Å². The van der Waals surface area contributed by atoms with Gasteiger partial charge < -0.3 is 10.6 Å². The minimum atomic E-state index is 0.651. The SMILES string of the molecule is CCN1CCCC1CNC(=NC)NCc1ccc2c(c1)CCC2. The standard InChI is InChI=1S/C19H30N4/c1-3-23-11-5-8-18(23)14-22-19(20-2)21-13-15-9-10-16-6-4-7-17(16)12-15/h9-10,12,18H,3-8,11,13-14H2,1-2H3,(H2,20,21,22). The highest BCUT2D eigenvalue weighted by atomic mass is 15.2. The second kappa shape index (κ2) is 7.82. The van der Waals surface area contributed by atoms with Crippen molar-refractivity contribution in [2.24, 2.45) is 4.99 Å². The van der Waals surface area contributed by atoms with E-state index in [0.717, 1.165) is 25.6 Å². The molecule has 1 unspecified atom stereocenters. The lowest BCUT2D eigenvalue weighted by atomic mass is 10.1. The molecule has 1 heterocycles. The molecule has 23 heavy (non-hydrogen) atoms. The predicted molar refractivity (Wildman–Crippen MR) is 96.9 cm³/mol. The van der Waals surface area contributed by atoms with Gasteiger partial charge in [0.1, 0.15) is 0 Å². The van der Waals surface area contributed by atoms with Crippen LogP contribution in [-0.4, -0.2) is 43.6 Å². The molecule has 1 aliphatic carbocycles. The Kier molecular flexibility index (Phi) is 5.55. The lowest BCUT2D eigenvalue weighted by Crippen LogP contribution is -2.44. The number of aliphatic imine (C=N–C) groups is 1. The molecule has 1 aromatic rings. The van der Waals surface area contributed by atoms with Gasteiger partial charge in [-0.25, -0.2) is 0 Å². The van der Waals surface area contributed by atoms with E-state index in [2.05, 4.69) is 45.6 Å². The lowest BCUT2D eigenvalue weighted by Gasteiger charge is -2.24. The summed E-state index contributed by atoms with van der Waals surface area (Å²) in [6.07, 6.45) is 6.42. The number of benzene rings is 1. The van der Waals surface area contributed by atoms with Gasteiger partial charge in [-0.15, -0.1) is 0 Å². The number of guanidine groups is 1. The van der Waals surface area contributed by atoms with E-state index in [0.29, 0.717) is 6.04 Å². The first-order valence-corrected chi connectivity index (χ1v) is 9.09. The van der Waals surface area contributed by atoms with Crippen molar-refractivity contribution in [3.05, 3.63) is 34.9 Å². The summed E-state index contributed by atoms with van der Waals surface area (Å²) in [7, 11) is 1.85. The number of hydrogen-bond donors (Lipinski definition) is 2. The van der Waals surface area contributed by atoms with Gasteiger partial charge >= 0.3 is 0 Å². The zero-order valence-electron chi connectivity index (χ0n) is 14.6. The van der Waals surface area contributed by atoms with E-state index >= 15 is 0 Å². The van der Waals surface area contributed by atoms with Crippen LogP contribution in [-0.2, 0) is 19.4 Å². The number of rotatable bonds is 5. The summed E-state index contributed by atoms with van der Waals surface area (Å²) < 4.78 is 0. The first-order valence-electron chi connectivity index (χ1n) is 9.09. The van der Waals surface area contributed by atoms with Gasteiger partial charge in [-0.3, -0.25) is 9.89 Å². The van der Waals surface area contributed by atoms with Crippen LogP contribution in [0.4, 0.5) is 0 Å². The van der Waals surface area contributed by atoms with Crippen molar-refractivity contribution in [1.29, 1.82) is 0 Å². The number of hydrogen-bond acceptors (Lipinski definition) is 2. The van der Waals surface area contributed by atoms with E-state index in [9.17, 15) is 0 Å². The van der Waals surface area contributed by atoms with Crippen LogP contribution in [0.1, 0.15) is 42.9 Å². The van der Waals surface area contributed by atoms with Crippen LogP contribution in [0.2, 0.25) is 0 Å². The zero-order valence-corrected chi connectivity index (χ0v) is 14.6. The molecule has 0 bridgehead atoms. The Morgan fingerprint density at radius 1 is 1.22 bits per heavy atom. The quantitative estimate of drug-likeness (QED) is 0.647. The molecule has 1 fully saturated rings. The van der Waals surface area contributed by atoms with Crippen molar-refractivity contribution in [1.82, 2.24) is 15.5 Å². The summed E-state index contributed by atoms with van der Waals surface area (Å²) in [4.78, 5) is 6.92. The Balaban J connectivity index is 1.48. The largest absolute Gasteiger partial charge is 0.355 e. The topological polar surface area (TPSA) is 39.7 Å². The molecule has 0 spiro atoms. The van der Waals surface area contributed by atoms with Crippen LogP contribution >= 0.6 is 0 Å². The molecule has 0 amide bonds. The molecular formula is C19H30N4. The van der Waals surface area contributed by atoms with Crippen LogP contribution in [0.5, 0.6) is 0 Å². The van der Waals surface area contributed by atoms with E-state index in [-0.39, 0.29) is 0 Å². The fourth-order valence-electron chi connectivity index (χ4n) is 3.90. The molecule has 3 rings (SSSR count). The van der Waals surface area contributed by atoms with Crippen LogP contribution in [0.3, 0.4) is 0 Å². The zero-order chi connectivity index (χ0) is 16.1. The monoisotopic (exact) mass is 314 g/mol. The molecule has 0 aromatic heterocycles. The maximum Gasteiger partial charge on any atom is 0.191 e. The third-order valence-corrected chi connectivity index (χ3v) is 5.26. The Bertz CT molecular complexity index is 552. The van der Waals surface area contributed by atoms with Crippen molar-refractivity contribution in [2.45, 2.75) is 51.6 Å². The number of likely N-dealkylation sites (tertiary alicyclic amines) is 1. The van der Waals surface area contributed by atoms with E-state index in [1.165, 1.54) is 55.3 Å². The van der Waals surface area contributed by atoms with Gasteiger partial charge in [-0.1, -0.05) is 25.1 Å². The molecule has 1 aromatic carbocycles. The molecule has 2 aliphatic rings. The van der Waals surface area contributed by atoms with Gasteiger partial charge in [0.15, 0.2) is 5.96 Å². The first kappa shape index (κ1) is 16.3. The molecule has 1 saturated heterocycles. The van der Waals surface area contributed by atoms with Crippen molar-refractivity contribution in [3.63, 3.8) is 0 Å². The highest BCUT2D eigenvalue weighted by molar-refractivity contribution is 5.79. The number of fused-ring (bicyclic) bond motifs is 1. The maximum absolute atomic E-state index is 4.36. The highest BCUT2D eigenvalue weighted by Gasteiger charge is 2.22. The van der Waals surface area contributed by atoms with Crippen LogP contribution in [0.25, 0.3) is 0 Å². The second-order valence-corrected chi connectivity index (χ2v) is 6.69. The number of aryl methyl sites for hydroxylation is 2. The van der Waals surface area contributed by atoms with Crippen molar-refractivity contribution < 1.29 is 0 Å². The highest BCUT2D eigenvalue weighted by Crippen LogP contribution is 2.22. The number of nitrogens with zero attached hydrogens (tertiary/aromatic N) is 2. The maximum atomic E-state index is 4.36. The van der Waals surface area contributed by atoms with Gasteiger partial charge in [0.05, 0.1) is 0 Å². The van der Waals surface area contributed by atoms with Crippen molar-refractivity contribution in [3.8, 4) is 0 Å². The van der Waals surface area contributed by atoms with E-state index in [4.69, 9.17) is 0 Å². The molecule has 1 atom stereocenters. The molecule has 1 aliphatic heterocycles. The summed E-state index contributed by atoms with van der Waals surface area (Å²) in [5.41, 5.74) is 4.43. The van der Waals surface area contributed by atoms with Crippen LogP contribution in [0, 0.1) is 0 Å². The fraction of sp³-hybridized carbons (Fsp3) is 0.632. The molecule has 4 heteroatoms. The fourth-order valence-corrected chi connectivity index (χ4v) is 3.90. The van der Waals surface area contributed by atoms with E-state index < -0.39 is 0 Å². The number of likely N-dealkylation sites (N-methyl/N-ethyl adjacent to an activating group) is 1. The average Bonchev–Trinajstić information content (AvgIpc) is 3.23. The summed E-state index contributed by atoms with van der Waals surface area (Å²) in [6, 6.07) is 7.56. The van der Waals surface area contributed by atoms with Gasteiger partial charge in [-0.2, -0.15) is 0 Å². The third kappa shape index (κ3) is 4.05. The molecule has 0 saturated carbocycles. The van der Waals surface area contributed by atoms with Crippen molar-refractivity contribution in [2.75, 3.05) is 26.7 Å². The van der Waals surface area contributed by atoms with Crippen molar-refractivity contribution >= 4 is 5.96 Å². The Morgan fingerprint density at radius 2 is 2.09 bits per heavy atom. The summed E-state index contributed by atoms with van der Waals surface area (Å²) >= 11 is 0. The average molecular weight is 314 g/mol. The first-order chi connectivity index (χ1) is 11.3. The van der Waals surface area contributed by atoms with Crippen LogP contribution in [0.15, 0.2) is 23.2 Å². The minimum Gasteiger partial charge on any atom is -0.355 e. The predicted octanol–water partition coefficient (Wildman–Crippen LogP) is 2.32. The minimum absolute atomic E-state index is 0.651. The second-order valence-electron chi connectivity index (χ2n) is 6.69. The Morgan fingerprint density at radius 3 is 2.91 bits per heavy atom. The normalized spacial score (nSPS) is 21.5. The molecule has 2 N–H and O–H groups in total. The smallest absolute Gasteiger partial charge is 0.191 e. The number of nitrogens with one attached hydrogen (secondary N) is 2. The Hall–Kier alpha value is -1.55. The molecule has 126 valence electrons. The lowest BCUT2D eigenvalue weighted by molar-refractivity contribution is 0.267. The summed E-state index contributed by atoms with van der Waals surface area (Å²) in [6.45, 7) is 6.46. The molecular weight excluding hydrogens is 284 g/mol. The van der Waals surface area contributed by atoms with E-state index in [1.54, 1.807) is 0 Å². The van der Waals surface area contributed by atoms with Crippen LogP contribution < -0.4 is 10.6 Å². The van der Waals surface area contributed by atoms with E-state index in [1.807, 2.05) is 7.05 Å². The van der Waals surface area contributed by atoms with Gasteiger partial charge in [0.2, 0.25) is 0 Å². The molecule has 4 nitrogen and oxygen atoms in total. The summed E-state index contributed by atoms with van der Waals surface area (Å²) in [5, 5.41) is 6.95. The third-order valence-electron chi connectivity index (χ3n) is 5.26. The van der Waals surface area contributed by atoms with Gasteiger partial charge in [0.25, 0.3) is 0 Å². The Labute approximate surface area is 140 Å². The molecule has 0 radical (unpaired) electrons. The summed E-state index contributed by atoms with van der Waals surface area (Å²) in [5.74, 6) is 0.911. The van der Waals surface area contributed by atoms with Gasteiger partial charge in [0, 0.05) is 26.2 Å².